The third-order valence-electron chi connectivity index (χ3n) is 2.71. The highest BCUT2D eigenvalue weighted by Crippen LogP contribution is 2.34. The van der Waals surface area contributed by atoms with Crippen LogP contribution in [0.5, 0.6) is 11.5 Å². The molecular formula is C16H14Cl2O3. The molecule has 0 radical (unpaired) electrons. The molecule has 110 valence electrons. The van der Waals surface area contributed by atoms with Gasteiger partial charge in [-0.3, -0.25) is 4.79 Å². The van der Waals surface area contributed by atoms with Gasteiger partial charge in [-0.05, 0) is 36.8 Å². The van der Waals surface area contributed by atoms with Crippen molar-refractivity contribution in [3.63, 3.8) is 0 Å². The van der Waals surface area contributed by atoms with E-state index in [1.807, 2.05) is 12.1 Å². The van der Waals surface area contributed by atoms with Gasteiger partial charge in [-0.1, -0.05) is 41.4 Å². The molecule has 0 aliphatic heterocycles. The van der Waals surface area contributed by atoms with Crippen LogP contribution in [0.1, 0.15) is 12.5 Å². The summed E-state index contributed by atoms with van der Waals surface area (Å²) in [6, 6.07) is 12.3. The smallest absolute Gasteiger partial charge is 0.310 e. The predicted molar refractivity (Wildman–Crippen MR) is 83.3 cm³/mol. The average Bonchev–Trinajstić information content (AvgIpc) is 2.45. The number of halogens is 2. The lowest BCUT2D eigenvalue weighted by Gasteiger charge is -2.10. The molecule has 0 N–H and O–H groups in total. The van der Waals surface area contributed by atoms with Gasteiger partial charge < -0.3 is 9.47 Å². The Hall–Kier alpha value is -1.71. The van der Waals surface area contributed by atoms with Crippen molar-refractivity contribution in [2.24, 2.45) is 0 Å². The van der Waals surface area contributed by atoms with E-state index in [2.05, 4.69) is 0 Å². The van der Waals surface area contributed by atoms with Crippen LogP contribution >= 0.6 is 23.2 Å². The van der Waals surface area contributed by atoms with Crippen molar-refractivity contribution in [3.8, 4) is 11.5 Å². The Bertz CT molecular complexity index is 641. The van der Waals surface area contributed by atoms with Crippen LogP contribution in [0.25, 0.3) is 0 Å². The predicted octanol–water partition coefficient (Wildman–Crippen LogP) is 4.89. The number of ether oxygens (including phenoxy) is 2. The van der Waals surface area contributed by atoms with Crippen LogP contribution in [0.2, 0.25) is 10.0 Å². The van der Waals surface area contributed by atoms with Crippen molar-refractivity contribution in [1.82, 2.24) is 0 Å². The molecule has 0 amide bonds. The number of carbonyl (C=O) groups is 1. The molecule has 0 unspecified atom stereocenters. The summed E-state index contributed by atoms with van der Waals surface area (Å²) < 4.78 is 10.6. The fourth-order valence-electron chi connectivity index (χ4n) is 1.76. The summed E-state index contributed by atoms with van der Waals surface area (Å²) in [5.41, 5.74) is 0.764. The summed E-state index contributed by atoms with van der Waals surface area (Å²) in [6.07, 6.45) is 0.171. The van der Waals surface area contributed by atoms with Crippen molar-refractivity contribution < 1.29 is 14.3 Å². The zero-order valence-corrected chi connectivity index (χ0v) is 12.9. The number of esters is 1. The summed E-state index contributed by atoms with van der Waals surface area (Å²) in [4.78, 5) is 11.5. The Balaban J connectivity index is 2.19. The minimum Gasteiger partial charge on any atom is -0.466 e. The second-order valence-corrected chi connectivity index (χ2v) is 5.09. The van der Waals surface area contributed by atoms with Crippen molar-refractivity contribution in [2.75, 3.05) is 6.61 Å². The van der Waals surface area contributed by atoms with Gasteiger partial charge >= 0.3 is 5.97 Å². The monoisotopic (exact) mass is 324 g/mol. The molecule has 0 bridgehead atoms. The number of rotatable bonds is 5. The van der Waals surface area contributed by atoms with Crippen molar-refractivity contribution >= 4 is 29.2 Å². The van der Waals surface area contributed by atoms with Gasteiger partial charge in [-0.2, -0.15) is 0 Å². The Morgan fingerprint density at radius 3 is 2.48 bits per heavy atom. The van der Waals surface area contributed by atoms with Gasteiger partial charge in [-0.15, -0.1) is 0 Å². The number of benzene rings is 2. The number of hydrogen-bond acceptors (Lipinski definition) is 3. The van der Waals surface area contributed by atoms with E-state index in [-0.39, 0.29) is 12.4 Å². The summed E-state index contributed by atoms with van der Waals surface area (Å²) in [6.45, 7) is 2.13. The van der Waals surface area contributed by atoms with E-state index in [9.17, 15) is 4.79 Å². The molecule has 5 heteroatoms. The van der Waals surface area contributed by atoms with Crippen LogP contribution in [-0.4, -0.2) is 12.6 Å². The minimum atomic E-state index is -0.288. The first-order chi connectivity index (χ1) is 10.1. The Morgan fingerprint density at radius 1 is 1.05 bits per heavy atom. The molecule has 0 aliphatic carbocycles. The van der Waals surface area contributed by atoms with Gasteiger partial charge in [0.15, 0.2) is 0 Å². The Morgan fingerprint density at radius 2 is 1.76 bits per heavy atom. The summed E-state index contributed by atoms with van der Waals surface area (Å²) >= 11 is 12.2. The van der Waals surface area contributed by atoms with Gasteiger partial charge in [0, 0.05) is 0 Å². The molecular weight excluding hydrogens is 311 g/mol. The highest BCUT2D eigenvalue weighted by molar-refractivity contribution is 6.32. The molecule has 0 spiro atoms. The SMILES string of the molecule is CCOC(=O)Cc1ccc(Cl)c(Oc2ccccc2Cl)c1. The number of carbonyl (C=O) groups excluding carboxylic acids is 1. The first-order valence-corrected chi connectivity index (χ1v) is 7.22. The second-order valence-electron chi connectivity index (χ2n) is 4.28. The molecule has 2 rings (SSSR count). The molecule has 0 aromatic heterocycles. The summed E-state index contributed by atoms with van der Waals surface area (Å²) in [5, 5.41) is 0.937. The van der Waals surface area contributed by atoms with Crippen molar-refractivity contribution in [3.05, 3.63) is 58.1 Å². The first kappa shape index (κ1) is 15.7. The van der Waals surface area contributed by atoms with Crippen molar-refractivity contribution in [1.29, 1.82) is 0 Å². The third kappa shape index (κ3) is 4.38. The van der Waals surface area contributed by atoms with E-state index in [0.717, 1.165) is 5.56 Å². The first-order valence-electron chi connectivity index (χ1n) is 6.46. The van der Waals surface area contributed by atoms with Crippen LogP contribution < -0.4 is 4.74 Å². The van der Waals surface area contributed by atoms with Gasteiger partial charge in [0.25, 0.3) is 0 Å². The molecule has 0 heterocycles. The quantitative estimate of drug-likeness (QED) is 0.734. The summed E-state index contributed by atoms with van der Waals surface area (Å²) in [5.74, 6) is 0.671. The maximum Gasteiger partial charge on any atom is 0.310 e. The molecule has 3 nitrogen and oxygen atoms in total. The maximum absolute atomic E-state index is 11.5. The van der Waals surface area contributed by atoms with Gasteiger partial charge in [0.05, 0.1) is 23.1 Å². The van der Waals surface area contributed by atoms with E-state index in [1.165, 1.54) is 0 Å². The Labute approximate surface area is 133 Å². The number of hydrogen-bond donors (Lipinski definition) is 0. The largest absolute Gasteiger partial charge is 0.466 e. The maximum atomic E-state index is 11.5. The molecule has 21 heavy (non-hydrogen) atoms. The van der Waals surface area contributed by atoms with Crippen LogP contribution in [0.15, 0.2) is 42.5 Å². The van der Waals surface area contributed by atoms with E-state index in [4.69, 9.17) is 32.7 Å². The van der Waals surface area contributed by atoms with Crippen LogP contribution in [0, 0.1) is 0 Å². The molecule has 2 aromatic rings. The highest BCUT2D eigenvalue weighted by Gasteiger charge is 2.10. The lowest BCUT2D eigenvalue weighted by Crippen LogP contribution is -2.07. The Kier molecular flexibility index (Phi) is 5.48. The van der Waals surface area contributed by atoms with Gasteiger partial charge in [-0.25, -0.2) is 0 Å². The van der Waals surface area contributed by atoms with E-state index >= 15 is 0 Å². The fourth-order valence-corrected chi connectivity index (χ4v) is 2.09. The van der Waals surface area contributed by atoms with Crippen LogP contribution in [0.3, 0.4) is 0 Å². The van der Waals surface area contributed by atoms with E-state index in [1.54, 1.807) is 37.3 Å². The normalized spacial score (nSPS) is 10.2. The van der Waals surface area contributed by atoms with E-state index in [0.29, 0.717) is 28.2 Å². The molecule has 0 atom stereocenters. The summed E-state index contributed by atoms with van der Waals surface area (Å²) in [7, 11) is 0. The zero-order chi connectivity index (χ0) is 15.2. The standard InChI is InChI=1S/C16H14Cl2O3/c1-2-20-16(19)10-11-7-8-13(18)15(9-11)21-14-6-4-3-5-12(14)17/h3-9H,2,10H2,1H3. The molecule has 0 saturated heterocycles. The highest BCUT2D eigenvalue weighted by atomic mass is 35.5. The van der Waals surface area contributed by atoms with E-state index < -0.39 is 0 Å². The van der Waals surface area contributed by atoms with Crippen molar-refractivity contribution in [2.45, 2.75) is 13.3 Å². The molecule has 0 aliphatic rings. The average molecular weight is 325 g/mol. The van der Waals surface area contributed by atoms with Gasteiger partial charge in [0.1, 0.15) is 11.5 Å². The molecule has 2 aromatic carbocycles. The molecule has 0 fully saturated rings. The minimum absolute atomic E-state index is 0.171. The number of para-hydroxylation sites is 1. The van der Waals surface area contributed by atoms with Crippen LogP contribution in [-0.2, 0) is 16.0 Å². The third-order valence-corrected chi connectivity index (χ3v) is 3.33. The zero-order valence-electron chi connectivity index (χ0n) is 11.4. The fraction of sp³-hybridized carbons (Fsp3) is 0.188. The lowest BCUT2D eigenvalue weighted by molar-refractivity contribution is -0.142. The van der Waals surface area contributed by atoms with Crippen LogP contribution in [0.4, 0.5) is 0 Å². The second kappa shape index (κ2) is 7.34. The molecule has 0 saturated carbocycles. The topological polar surface area (TPSA) is 35.5 Å². The van der Waals surface area contributed by atoms with Gasteiger partial charge in [0.2, 0.25) is 0 Å². The lowest BCUT2D eigenvalue weighted by atomic mass is 10.1.